The molecule has 1 aromatic heterocycles. The monoisotopic (exact) mass is 315 g/mol. The topological polar surface area (TPSA) is 84.2 Å². The average molecular weight is 315 g/mol. The Hall–Kier alpha value is -2.85. The van der Waals surface area contributed by atoms with E-state index in [2.05, 4.69) is 10.3 Å². The zero-order valence-corrected chi connectivity index (χ0v) is 12.6. The summed E-state index contributed by atoms with van der Waals surface area (Å²) in [7, 11) is 1.51. The summed E-state index contributed by atoms with van der Waals surface area (Å²) in [5, 5.41) is 13.5. The highest BCUT2D eigenvalue weighted by molar-refractivity contribution is 7.13. The molecule has 2 aromatic rings. The molecule has 0 saturated heterocycles. The molecule has 0 bridgehead atoms. The summed E-state index contributed by atoms with van der Waals surface area (Å²) in [6.07, 6.45) is 4.68. The van der Waals surface area contributed by atoms with Gasteiger partial charge < -0.3 is 9.47 Å². The molecule has 0 aliphatic carbocycles. The van der Waals surface area contributed by atoms with Crippen molar-refractivity contribution in [2.75, 3.05) is 19.0 Å². The Kier molecular flexibility index (Phi) is 5.51. The fourth-order valence-corrected chi connectivity index (χ4v) is 2.15. The Bertz CT molecular complexity index is 705. The molecule has 6 nitrogen and oxygen atoms in total. The molecule has 1 aromatic carbocycles. The van der Waals surface area contributed by atoms with Crippen LogP contribution in [0.4, 0.5) is 5.13 Å². The van der Waals surface area contributed by atoms with Gasteiger partial charge in [0.2, 0.25) is 5.91 Å². The zero-order valence-electron chi connectivity index (χ0n) is 11.8. The van der Waals surface area contributed by atoms with Gasteiger partial charge in [0, 0.05) is 17.7 Å². The number of amides is 1. The molecule has 7 heteroatoms. The van der Waals surface area contributed by atoms with E-state index in [-0.39, 0.29) is 12.5 Å². The van der Waals surface area contributed by atoms with Crippen LogP contribution in [-0.2, 0) is 4.79 Å². The lowest BCUT2D eigenvalue weighted by atomic mass is 10.2. The summed E-state index contributed by atoms with van der Waals surface area (Å²) in [6.45, 7) is -0.0538. The van der Waals surface area contributed by atoms with Gasteiger partial charge in [-0.2, -0.15) is 5.26 Å². The summed E-state index contributed by atoms with van der Waals surface area (Å²) in [5.74, 6) is 0.713. The lowest BCUT2D eigenvalue weighted by Gasteiger charge is -2.08. The summed E-state index contributed by atoms with van der Waals surface area (Å²) in [5.41, 5.74) is 0.774. The first-order chi connectivity index (χ1) is 10.7. The number of benzene rings is 1. The highest BCUT2D eigenvalue weighted by Gasteiger charge is 2.05. The van der Waals surface area contributed by atoms with Crippen LogP contribution in [0.2, 0.25) is 0 Å². The number of anilines is 1. The molecule has 1 heterocycles. The minimum Gasteiger partial charge on any atom is -0.493 e. The van der Waals surface area contributed by atoms with E-state index < -0.39 is 0 Å². The second-order valence-corrected chi connectivity index (χ2v) is 4.91. The van der Waals surface area contributed by atoms with Crippen molar-refractivity contribution in [2.45, 2.75) is 0 Å². The van der Waals surface area contributed by atoms with E-state index in [1.54, 1.807) is 35.9 Å². The number of thiazole rings is 1. The summed E-state index contributed by atoms with van der Waals surface area (Å²) < 4.78 is 10.4. The van der Waals surface area contributed by atoms with Gasteiger partial charge in [0.1, 0.15) is 6.07 Å². The maximum absolute atomic E-state index is 11.7. The smallest absolute Gasteiger partial charge is 0.250 e. The van der Waals surface area contributed by atoms with E-state index in [1.165, 1.54) is 24.5 Å². The van der Waals surface area contributed by atoms with Crippen molar-refractivity contribution in [2.24, 2.45) is 0 Å². The average Bonchev–Trinajstić information content (AvgIpc) is 3.04. The number of rotatable bonds is 6. The Balaban J connectivity index is 2.04. The maximum atomic E-state index is 11.7. The van der Waals surface area contributed by atoms with Crippen LogP contribution < -0.4 is 14.8 Å². The van der Waals surface area contributed by atoms with Gasteiger partial charge in [0.05, 0.1) is 7.11 Å². The molecular weight excluding hydrogens is 302 g/mol. The molecule has 0 unspecified atom stereocenters. The molecule has 2 rings (SSSR count). The lowest BCUT2D eigenvalue weighted by Crippen LogP contribution is -2.07. The Morgan fingerprint density at radius 2 is 2.36 bits per heavy atom. The fourth-order valence-electron chi connectivity index (χ4n) is 1.62. The fraction of sp³-hybridized carbons (Fsp3) is 0.133. The summed E-state index contributed by atoms with van der Waals surface area (Å²) in [4.78, 5) is 15.7. The SMILES string of the molecule is COc1cc(/C=C/C(=O)Nc2nccs2)ccc1OCC#N. The van der Waals surface area contributed by atoms with Gasteiger partial charge in [-0.05, 0) is 23.8 Å². The third-order valence-electron chi connectivity index (χ3n) is 2.57. The molecule has 0 aliphatic rings. The van der Waals surface area contributed by atoms with Crippen molar-refractivity contribution in [3.63, 3.8) is 0 Å². The number of ether oxygens (including phenoxy) is 2. The lowest BCUT2D eigenvalue weighted by molar-refractivity contribution is -0.111. The Labute approximate surface area is 131 Å². The van der Waals surface area contributed by atoms with Gasteiger partial charge in [-0.25, -0.2) is 4.98 Å². The summed E-state index contributed by atoms with van der Waals surface area (Å²) >= 11 is 1.35. The highest BCUT2D eigenvalue weighted by atomic mass is 32.1. The minimum absolute atomic E-state index is 0.0538. The minimum atomic E-state index is -0.265. The van der Waals surface area contributed by atoms with Crippen LogP contribution in [-0.4, -0.2) is 24.6 Å². The second kappa shape index (κ2) is 7.81. The molecule has 1 amide bonds. The molecule has 0 saturated carbocycles. The van der Waals surface area contributed by atoms with E-state index in [0.29, 0.717) is 16.6 Å². The highest BCUT2D eigenvalue weighted by Crippen LogP contribution is 2.28. The van der Waals surface area contributed by atoms with Crippen LogP contribution in [0, 0.1) is 11.3 Å². The van der Waals surface area contributed by atoms with Crippen LogP contribution in [0.5, 0.6) is 11.5 Å². The molecule has 0 atom stereocenters. The van der Waals surface area contributed by atoms with Gasteiger partial charge in [0.15, 0.2) is 23.2 Å². The third kappa shape index (κ3) is 4.33. The largest absolute Gasteiger partial charge is 0.493 e. The van der Waals surface area contributed by atoms with Crippen molar-refractivity contribution >= 4 is 28.5 Å². The van der Waals surface area contributed by atoms with E-state index in [0.717, 1.165) is 5.56 Å². The number of carbonyl (C=O) groups is 1. The van der Waals surface area contributed by atoms with E-state index in [4.69, 9.17) is 14.7 Å². The maximum Gasteiger partial charge on any atom is 0.250 e. The summed E-state index contributed by atoms with van der Waals surface area (Å²) in [6, 6.07) is 7.07. The first-order valence-electron chi connectivity index (χ1n) is 6.29. The molecule has 0 fully saturated rings. The van der Waals surface area contributed by atoms with E-state index in [1.807, 2.05) is 6.07 Å². The predicted octanol–water partition coefficient (Wildman–Crippen LogP) is 2.71. The Morgan fingerprint density at radius 1 is 1.50 bits per heavy atom. The number of aromatic nitrogens is 1. The van der Waals surface area contributed by atoms with Crippen molar-refractivity contribution in [1.82, 2.24) is 4.98 Å². The van der Waals surface area contributed by atoms with Crippen molar-refractivity contribution < 1.29 is 14.3 Å². The molecule has 0 spiro atoms. The number of methoxy groups -OCH3 is 1. The number of nitrogens with zero attached hydrogens (tertiary/aromatic N) is 2. The van der Waals surface area contributed by atoms with Crippen LogP contribution in [0.1, 0.15) is 5.56 Å². The van der Waals surface area contributed by atoms with E-state index >= 15 is 0 Å². The van der Waals surface area contributed by atoms with Gasteiger partial charge in [-0.15, -0.1) is 11.3 Å². The van der Waals surface area contributed by atoms with Gasteiger partial charge in [-0.1, -0.05) is 6.07 Å². The van der Waals surface area contributed by atoms with Crippen LogP contribution in [0.25, 0.3) is 6.08 Å². The van der Waals surface area contributed by atoms with Gasteiger partial charge >= 0.3 is 0 Å². The van der Waals surface area contributed by atoms with Gasteiger partial charge in [-0.3, -0.25) is 10.1 Å². The molecule has 22 heavy (non-hydrogen) atoms. The molecule has 1 N–H and O–H groups in total. The quantitative estimate of drug-likeness (QED) is 0.829. The first-order valence-corrected chi connectivity index (χ1v) is 7.17. The molecule has 0 radical (unpaired) electrons. The van der Waals surface area contributed by atoms with Crippen molar-refractivity contribution in [1.29, 1.82) is 5.26 Å². The van der Waals surface area contributed by atoms with Crippen molar-refractivity contribution in [3.05, 3.63) is 41.4 Å². The predicted molar refractivity (Wildman–Crippen MR) is 83.9 cm³/mol. The number of nitrogens with one attached hydrogen (secondary N) is 1. The van der Waals surface area contributed by atoms with Gasteiger partial charge in [0.25, 0.3) is 0 Å². The number of carbonyl (C=O) groups excluding carboxylic acids is 1. The van der Waals surface area contributed by atoms with Crippen molar-refractivity contribution in [3.8, 4) is 17.6 Å². The van der Waals surface area contributed by atoms with Crippen LogP contribution >= 0.6 is 11.3 Å². The number of hydrogen-bond acceptors (Lipinski definition) is 6. The second-order valence-electron chi connectivity index (χ2n) is 4.02. The van der Waals surface area contributed by atoms with Crippen LogP contribution in [0.15, 0.2) is 35.9 Å². The molecular formula is C15H13N3O3S. The standard InChI is InChI=1S/C15H13N3O3S/c1-20-13-10-11(2-4-12(13)21-8-6-16)3-5-14(19)18-15-17-7-9-22-15/h2-5,7,9-10H,8H2,1H3,(H,17,18,19)/b5-3+. The molecule has 0 aliphatic heterocycles. The zero-order chi connectivity index (χ0) is 15.8. The normalized spacial score (nSPS) is 10.2. The third-order valence-corrected chi connectivity index (χ3v) is 3.26. The molecule has 112 valence electrons. The number of hydrogen-bond donors (Lipinski definition) is 1. The van der Waals surface area contributed by atoms with E-state index in [9.17, 15) is 4.79 Å². The number of nitriles is 1. The van der Waals surface area contributed by atoms with Crippen LogP contribution in [0.3, 0.4) is 0 Å². The first kappa shape index (κ1) is 15.5. The Morgan fingerprint density at radius 3 is 3.05 bits per heavy atom.